The Morgan fingerprint density at radius 2 is 2.09 bits per heavy atom. The van der Waals surface area contributed by atoms with E-state index in [-0.39, 0.29) is 23.7 Å². The zero-order valence-electron chi connectivity index (χ0n) is 12.0. The van der Waals surface area contributed by atoms with Crippen molar-refractivity contribution >= 4 is 5.91 Å². The Labute approximate surface area is 126 Å². The predicted molar refractivity (Wildman–Crippen MR) is 75.9 cm³/mol. The van der Waals surface area contributed by atoms with Gasteiger partial charge in [0.1, 0.15) is 11.4 Å². The fraction of sp³-hybridized carbons (Fsp3) is 0.357. The fourth-order valence-electron chi connectivity index (χ4n) is 1.87. The lowest BCUT2D eigenvalue weighted by molar-refractivity contribution is 0.0906. The minimum absolute atomic E-state index is 0.0357. The molecule has 2 rings (SSSR count). The van der Waals surface area contributed by atoms with Crippen molar-refractivity contribution in [2.45, 2.75) is 26.0 Å². The molecule has 0 saturated carbocycles. The van der Waals surface area contributed by atoms with Gasteiger partial charge in [0, 0.05) is 0 Å². The van der Waals surface area contributed by atoms with Crippen LogP contribution in [0.4, 0.5) is 4.39 Å². The van der Waals surface area contributed by atoms with Crippen LogP contribution in [0.3, 0.4) is 0 Å². The molecule has 22 heavy (non-hydrogen) atoms. The van der Waals surface area contributed by atoms with Crippen molar-refractivity contribution in [2.75, 3.05) is 6.61 Å². The number of aromatic nitrogens is 3. The maximum absolute atomic E-state index is 13.7. The first kappa shape index (κ1) is 16.1. The summed E-state index contributed by atoms with van der Waals surface area (Å²) in [6.45, 7) is 1.09. The summed E-state index contributed by atoms with van der Waals surface area (Å²) in [4.78, 5) is 13.1. The molecule has 0 aliphatic heterocycles. The molecule has 7 nitrogen and oxygen atoms in total. The maximum atomic E-state index is 13.7. The van der Waals surface area contributed by atoms with E-state index in [0.29, 0.717) is 6.42 Å². The molecule has 2 aromatic rings. The number of nitrogens with zero attached hydrogens (tertiary/aromatic N) is 3. The minimum atomic E-state index is -0.576. The van der Waals surface area contributed by atoms with Crippen LogP contribution in [0.2, 0.25) is 0 Å². The van der Waals surface area contributed by atoms with Crippen molar-refractivity contribution in [1.29, 1.82) is 0 Å². The second-order valence-electron chi connectivity index (χ2n) is 4.66. The van der Waals surface area contributed by atoms with Gasteiger partial charge in [-0.05, 0) is 18.6 Å². The molecule has 0 unspecified atom stereocenters. The largest absolute Gasteiger partial charge is 0.394 e. The molecule has 0 spiro atoms. The van der Waals surface area contributed by atoms with Gasteiger partial charge < -0.3 is 15.5 Å². The van der Waals surface area contributed by atoms with E-state index in [9.17, 15) is 14.3 Å². The van der Waals surface area contributed by atoms with E-state index >= 15 is 0 Å². The second kappa shape index (κ2) is 7.10. The molecule has 1 heterocycles. The van der Waals surface area contributed by atoms with Crippen LogP contribution >= 0.6 is 0 Å². The first-order chi connectivity index (χ1) is 10.6. The monoisotopic (exact) mass is 308 g/mol. The zero-order valence-corrected chi connectivity index (χ0v) is 12.0. The number of nitrogens with one attached hydrogen (secondary N) is 1. The normalized spacial score (nSPS) is 12.2. The summed E-state index contributed by atoms with van der Waals surface area (Å²) in [6, 6.07) is 5.42. The third-order valence-electron chi connectivity index (χ3n) is 3.16. The number of hydrogen-bond acceptors (Lipinski definition) is 5. The van der Waals surface area contributed by atoms with Gasteiger partial charge in [0.25, 0.3) is 5.91 Å². The molecule has 1 aromatic heterocycles. The number of para-hydroxylation sites is 1. The highest BCUT2D eigenvalue weighted by atomic mass is 19.1. The van der Waals surface area contributed by atoms with Crippen molar-refractivity contribution in [3.63, 3.8) is 0 Å². The predicted octanol–water partition coefficient (Wildman–Crippen LogP) is 0.399. The summed E-state index contributed by atoms with van der Waals surface area (Å²) in [5.41, 5.74) is 0.0108. The Hall–Kier alpha value is -2.32. The number of halogens is 1. The third kappa shape index (κ3) is 3.29. The molecule has 0 saturated heterocycles. The number of carbonyl (C=O) groups is 1. The number of benzene rings is 1. The number of carbonyl (C=O) groups excluding carboxylic acids is 1. The van der Waals surface area contributed by atoms with E-state index in [0.717, 1.165) is 4.80 Å². The summed E-state index contributed by atoms with van der Waals surface area (Å²) in [5.74, 6) is -1.12. The molecule has 0 radical (unpaired) electrons. The first-order valence-corrected chi connectivity index (χ1v) is 6.84. The molecule has 1 atom stereocenters. The van der Waals surface area contributed by atoms with Gasteiger partial charge in [-0.15, -0.1) is 15.0 Å². The standard InChI is InChI=1S/C14H17FN4O3/c1-2-9(7-20)16-14(22)13-11(8-21)17-19(18-13)12-6-4-3-5-10(12)15/h3-6,9,20-21H,2,7-8H2,1H3,(H,16,22)/t9-/m1/s1. The average Bonchev–Trinajstić information content (AvgIpc) is 2.97. The van der Waals surface area contributed by atoms with E-state index in [1.54, 1.807) is 6.07 Å². The number of amides is 1. The molecular formula is C14H17FN4O3. The van der Waals surface area contributed by atoms with Crippen LogP contribution in [0.5, 0.6) is 0 Å². The van der Waals surface area contributed by atoms with E-state index in [4.69, 9.17) is 5.11 Å². The molecule has 3 N–H and O–H groups in total. The Morgan fingerprint density at radius 1 is 1.36 bits per heavy atom. The van der Waals surface area contributed by atoms with Gasteiger partial charge in [-0.2, -0.15) is 0 Å². The smallest absolute Gasteiger partial charge is 0.274 e. The lowest BCUT2D eigenvalue weighted by Crippen LogP contribution is -2.37. The second-order valence-corrected chi connectivity index (χ2v) is 4.66. The Bertz CT molecular complexity index is 655. The Kier molecular flexibility index (Phi) is 5.18. The highest BCUT2D eigenvalue weighted by Crippen LogP contribution is 2.13. The van der Waals surface area contributed by atoms with Crippen molar-refractivity contribution in [3.8, 4) is 5.69 Å². The number of rotatable bonds is 6. The van der Waals surface area contributed by atoms with Crippen molar-refractivity contribution in [1.82, 2.24) is 20.3 Å². The highest BCUT2D eigenvalue weighted by molar-refractivity contribution is 5.93. The molecule has 8 heteroatoms. The van der Waals surface area contributed by atoms with E-state index < -0.39 is 24.4 Å². The first-order valence-electron chi connectivity index (χ1n) is 6.84. The quantitative estimate of drug-likeness (QED) is 0.717. The van der Waals surface area contributed by atoms with Crippen LogP contribution in [-0.4, -0.2) is 43.8 Å². The van der Waals surface area contributed by atoms with Gasteiger partial charge in [-0.25, -0.2) is 4.39 Å². The molecule has 0 aliphatic rings. The Balaban J connectivity index is 2.33. The van der Waals surface area contributed by atoms with Gasteiger partial charge in [-0.1, -0.05) is 19.1 Å². The molecule has 1 aromatic carbocycles. The molecule has 118 valence electrons. The number of aliphatic hydroxyl groups excluding tert-OH is 2. The van der Waals surface area contributed by atoms with Crippen LogP contribution < -0.4 is 5.32 Å². The van der Waals surface area contributed by atoms with Crippen molar-refractivity contribution in [3.05, 3.63) is 41.5 Å². The third-order valence-corrected chi connectivity index (χ3v) is 3.16. The Morgan fingerprint density at radius 3 is 2.68 bits per heavy atom. The molecule has 1 amide bonds. The van der Waals surface area contributed by atoms with Crippen molar-refractivity contribution in [2.24, 2.45) is 0 Å². The lowest BCUT2D eigenvalue weighted by Gasteiger charge is -2.12. The van der Waals surface area contributed by atoms with E-state index in [2.05, 4.69) is 15.5 Å². The van der Waals surface area contributed by atoms with E-state index in [1.165, 1.54) is 18.2 Å². The molecule has 0 bridgehead atoms. The summed E-state index contributed by atoms with van der Waals surface area (Å²) in [6.07, 6.45) is 0.540. The van der Waals surface area contributed by atoms with Gasteiger partial charge >= 0.3 is 0 Å². The van der Waals surface area contributed by atoms with Crippen LogP contribution in [-0.2, 0) is 6.61 Å². The average molecular weight is 308 g/mol. The molecule has 0 fully saturated rings. The summed E-state index contributed by atoms with van der Waals surface area (Å²) in [7, 11) is 0. The molecular weight excluding hydrogens is 291 g/mol. The summed E-state index contributed by atoms with van der Waals surface area (Å²) >= 11 is 0. The lowest BCUT2D eigenvalue weighted by atomic mass is 10.2. The fourth-order valence-corrected chi connectivity index (χ4v) is 1.87. The van der Waals surface area contributed by atoms with Gasteiger partial charge in [0.2, 0.25) is 0 Å². The van der Waals surface area contributed by atoms with Gasteiger partial charge in [0.05, 0.1) is 19.3 Å². The van der Waals surface area contributed by atoms with Crippen LogP contribution in [0, 0.1) is 5.82 Å². The SMILES string of the molecule is CC[C@H](CO)NC(=O)c1nn(-c2ccccc2F)nc1CO. The molecule has 0 aliphatic carbocycles. The summed E-state index contributed by atoms with van der Waals surface area (Å²) < 4.78 is 13.7. The topological polar surface area (TPSA) is 100 Å². The number of hydrogen-bond donors (Lipinski definition) is 3. The number of aliphatic hydroxyl groups is 2. The van der Waals surface area contributed by atoms with Gasteiger partial charge in [0.15, 0.2) is 11.5 Å². The minimum Gasteiger partial charge on any atom is -0.394 e. The summed E-state index contributed by atoms with van der Waals surface area (Å²) in [5, 5.41) is 28.9. The van der Waals surface area contributed by atoms with Crippen LogP contribution in [0.25, 0.3) is 5.69 Å². The maximum Gasteiger partial charge on any atom is 0.274 e. The van der Waals surface area contributed by atoms with Crippen LogP contribution in [0.15, 0.2) is 24.3 Å². The highest BCUT2D eigenvalue weighted by Gasteiger charge is 2.21. The van der Waals surface area contributed by atoms with Gasteiger partial charge in [-0.3, -0.25) is 4.79 Å². The zero-order chi connectivity index (χ0) is 16.1. The van der Waals surface area contributed by atoms with Crippen molar-refractivity contribution < 1.29 is 19.4 Å². The van der Waals surface area contributed by atoms with Crippen LogP contribution in [0.1, 0.15) is 29.5 Å². The van der Waals surface area contributed by atoms with E-state index in [1.807, 2.05) is 6.92 Å².